The highest BCUT2D eigenvalue weighted by atomic mass is 32.1. The van der Waals surface area contributed by atoms with Gasteiger partial charge in [0.15, 0.2) is 0 Å². The molecule has 1 fully saturated rings. The minimum absolute atomic E-state index is 0.146. The SMILES string of the molecule is CC(NC(=O)C1(C(N)=S)CC1)C(=O)N(C)C. The first-order valence-electron chi connectivity index (χ1n) is 5.13. The Morgan fingerprint density at radius 2 is 1.94 bits per heavy atom. The molecule has 1 aliphatic rings. The van der Waals surface area contributed by atoms with Crippen molar-refractivity contribution in [1.82, 2.24) is 10.2 Å². The Kier molecular flexibility index (Phi) is 3.52. The van der Waals surface area contributed by atoms with E-state index < -0.39 is 11.5 Å². The van der Waals surface area contributed by atoms with Crippen LogP contribution < -0.4 is 11.1 Å². The summed E-state index contributed by atoms with van der Waals surface area (Å²) in [5, 5.41) is 2.65. The van der Waals surface area contributed by atoms with Gasteiger partial charge in [0.2, 0.25) is 11.8 Å². The number of hydrogen-bond acceptors (Lipinski definition) is 3. The average molecular weight is 243 g/mol. The molecule has 0 aliphatic heterocycles. The van der Waals surface area contributed by atoms with Gasteiger partial charge in [-0.25, -0.2) is 0 Å². The number of likely N-dealkylation sites (N-methyl/N-ethyl adjacent to an activating group) is 1. The molecule has 1 saturated carbocycles. The zero-order chi connectivity index (χ0) is 12.5. The quantitative estimate of drug-likeness (QED) is 0.662. The third-order valence-electron chi connectivity index (χ3n) is 2.82. The van der Waals surface area contributed by atoms with Crippen LogP contribution in [0.5, 0.6) is 0 Å². The first kappa shape index (κ1) is 12.9. The predicted molar refractivity (Wildman–Crippen MR) is 64.8 cm³/mol. The summed E-state index contributed by atoms with van der Waals surface area (Å²) in [5.74, 6) is -0.380. The summed E-state index contributed by atoms with van der Waals surface area (Å²) in [6, 6.07) is -0.547. The Morgan fingerprint density at radius 3 is 2.25 bits per heavy atom. The van der Waals surface area contributed by atoms with E-state index in [0.717, 1.165) is 0 Å². The summed E-state index contributed by atoms with van der Waals surface area (Å²) in [5.41, 5.74) is 4.82. The van der Waals surface area contributed by atoms with Gasteiger partial charge in [-0.3, -0.25) is 9.59 Å². The minimum Gasteiger partial charge on any atom is -0.392 e. The van der Waals surface area contributed by atoms with E-state index in [1.807, 2.05) is 0 Å². The molecule has 0 aromatic carbocycles. The Bertz CT molecular complexity index is 337. The molecule has 1 atom stereocenters. The number of nitrogens with one attached hydrogen (secondary N) is 1. The molecule has 90 valence electrons. The summed E-state index contributed by atoms with van der Waals surface area (Å²) in [7, 11) is 3.29. The lowest BCUT2D eigenvalue weighted by molar-refractivity contribution is -0.134. The van der Waals surface area contributed by atoms with Crippen LogP contribution in [0.2, 0.25) is 0 Å². The highest BCUT2D eigenvalue weighted by Gasteiger charge is 2.53. The molecule has 0 spiro atoms. The zero-order valence-electron chi connectivity index (χ0n) is 9.74. The second-order valence-electron chi connectivity index (χ2n) is 4.37. The van der Waals surface area contributed by atoms with Crippen molar-refractivity contribution in [3.8, 4) is 0 Å². The highest BCUT2D eigenvalue weighted by molar-refractivity contribution is 7.80. The first-order chi connectivity index (χ1) is 7.31. The highest BCUT2D eigenvalue weighted by Crippen LogP contribution is 2.46. The maximum atomic E-state index is 11.9. The lowest BCUT2D eigenvalue weighted by Crippen LogP contribution is -2.49. The molecular formula is C10H17N3O2S. The standard InChI is InChI=1S/C10H17N3O2S/c1-6(7(14)13(2)3)12-9(15)10(4-5-10)8(11)16/h6H,4-5H2,1-3H3,(H2,11,16)(H,12,15). The van der Waals surface area contributed by atoms with E-state index in [0.29, 0.717) is 12.8 Å². The van der Waals surface area contributed by atoms with Crippen LogP contribution in [0.3, 0.4) is 0 Å². The Balaban J connectivity index is 2.59. The summed E-state index contributed by atoms with van der Waals surface area (Å²) in [6.07, 6.45) is 1.36. The van der Waals surface area contributed by atoms with Gasteiger partial charge in [0.25, 0.3) is 0 Å². The van der Waals surface area contributed by atoms with Crippen LogP contribution in [0, 0.1) is 5.41 Å². The van der Waals surface area contributed by atoms with Crippen LogP contribution in [0.25, 0.3) is 0 Å². The lowest BCUT2D eigenvalue weighted by Gasteiger charge is -2.20. The molecule has 1 rings (SSSR count). The molecule has 0 saturated heterocycles. The molecule has 0 bridgehead atoms. The van der Waals surface area contributed by atoms with Crippen molar-refractivity contribution in [1.29, 1.82) is 0 Å². The fourth-order valence-corrected chi connectivity index (χ4v) is 1.79. The Morgan fingerprint density at radius 1 is 1.44 bits per heavy atom. The smallest absolute Gasteiger partial charge is 0.244 e. The van der Waals surface area contributed by atoms with Crippen LogP contribution in [-0.2, 0) is 9.59 Å². The molecule has 6 heteroatoms. The summed E-state index contributed by atoms with van der Waals surface area (Å²) < 4.78 is 0. The molecule has 0 radical (unpaired) electrons. The molecule has 5 nitrogen and oxygen atoms in total. The van der Waals surface area contributed by atoms with Gasteiger partial charge >= 0.3 is 0 Å². The third kappa shape index (κ3) is 2.32. The number of rotatable bonds is 4. The van der Waals surface area contributed by atoms with E-state index in [-0.39, 0.29) is 16.8 Å². The molecule has 1 aliphatic carbocycles. The average Bonchev–Trinajstić information content (AvgIpc) is 2.96. The van der Waals surface area contributed by atoms with Gasteiger partial charge in [-0.15, -0.1) is 0 Å². The number of amides is 2. The fraction of sp³-hybridized carbons (Fsp3) is 0.700. The van der Waals surface area contributed by atoms with E-state index in [1.165, 1.54) is 4.90 Å². The molecular weight excluding hydrogens is 226 g/mol. The molecule has 1 unspecified atom stereocenters. The third-order valence-corrected chi connectivity index (χ3v) is 3.21. The van der Waals surface area contributed by atoms with Gasteiger partial charge in [-0.2, -0.15) is 0 Å². The number of carbonyl (C=O) groups excluding carboxylic acids is 2. The molecule has 0 aromatic heterocycles. The topological polar surface area (TPSA) is 75.4 Å². The summed E-state index contributed by atoms with van der Waals surface area (Å²) in [6.45, 7) is 1.65. The van der Waals surface area contributed by atoms with Crippen LogP contribution >= 0.6 is 12.2 Å². The minimum atomic E-state index is -0.698. The molecule has 2 amide bonds. The van der Waals surface area contributed by atoms with Gasteiger partial charge in [0.1, 0.15) is 6.04 Å². The predicted octanol–water partition coefficient (Wildman–Crippen LogP) is -0.354. The van der Waals surface area contributed by atoms with Crippen molar-refractivity contribution >= 4 is 29.0 Å². The lowest BCUT2D eigenvalue weighted by atomic mass is 10.1. The second kappa shape index (κ2) is 4.37. The normalized spacial score (nSPS) is 18.4. The van der Waals surface area contributed by atoms with Crippen molar-refractivity contribution in [3.63, 3.8) is 0 Å². The maximum absolute atomic E-state index is 11.9. The number of carbonyl (C=O) groups is 2. The van der Waals surface area contributed by atoms with Crippen molar-refractivity contribution in [2.24, 2.45) is 11.1 Å². The number of nitrogens with zero attached hydrogens (tertiary/aromatic N) is 1. The van der Waals surface area contributed by atoms with Gasteiger partial charge < -0.3 is 16.0 Å². The van der Waals surface area contributed by atoms with Crippen LogP contribution in [0.15, 0.2) is 0 Å². The van der Waals surface area contributed by atoms with E-state index >= 15 is 0 Å². The second-order valence-corrected chi connectivity index (χ2v) is 4.81. The van der Waals surface area contributed by atoms with Crippen LogP contribution in [-0.4, -0.2) is 41.8 Å². The Hall–Kier alpha value is -1.17. The number of hydrogen-bond donors (Lipinski definition) is 2. The van der Waals surface area contributed by atoms with Crippen molar-refractivity contribution in [2.75, 3.05) is 14.1 Å². The van der Waals surface area contributed by atoms with E-state index in [1.54, 1.807) is 21.0 Å². The fourth-order valence-electron chi connectivity index (χ4n) is 1.49. The van der Waals surface area contributed by atoms with Gasteiger partial charge in [0, 0.05) is 14.1 Å². The number of nitrogens with two attached hydrogens (primary N) is 1. The van der Waals surface area contributed by atoms with Crippen LogP contribution in [0.1, 0.15) is 19.8 Å². The van der Waals surface area contributed by atoms with Gasteiger partial charge in [-0.1, -0.05) is 12.2 Å². The van der Waals surface area contributed by atoms with E-state index in [4.69, 9.17) is 18.0 Å². The number of thiocarbonyl (C=S) groups is 1. The van der Waals surface area contributed by atoms with Crippen LogP contribution in [0.4, 0.5) is 0 Å². The largest absolute Gasteiger partial charge is 0.392 e. The monoisotopic (exact) mass is 243 g/mol. The summed E-state index contributed by atoms with van der Waals surface area (Å²) >= 11 is 4.86. The molecule has 0 aromatic rings. The van der Waals surface area contributed by atoms with Gasteiger partial charge in [0.05, 0.1) is 10.4 Å². The molecule has 16 heavy (non-hydrogen) atoms. The van der Waals surface area contributed by atoms with Crippen molar-refractivity contribution < 1.29 is 9.59 Å². The molecule has 0 heterocycles. The van der Waals surface area contributed by atoms with E-state index in [9.17, 15) is 9.59 Å². The summed E-state index contributed by atoms with van der Waals surface area (Å²) in [4.78, 5) is 25.1. The van der Waals surface area contributed by atoms with Crippen molar-refractivity contribution in [2.45, 2.75) is 25.8 Å². The molecule has 3 N–H and O–H groups in total. The van der Waals surface area contributed by atoms with Gasteiger partial charge in [-0.05, 0) is 19.8 Å². The van der Waals surface area contributed by atoms with Crippen molar-refractivity contribution in [3.05, 3.63) is 0 Å². The van der Waals surface area contributed by atoms with E-state index in [2.05, 4.69) is 5.32 Å². The Labute approximate surface area is 100 Å². The first-order valence-corrected chi connectivity index (χ1v) is 5.54. The zero-order valence-corrected chi connectivity index (χ0v) is 10.6. The maximum Gasteiger partial charge on any atom is 0.244 e.